The van der Waals surface area contributed by atoms with Gasteiger partial charge in [0, 0.05) is 31.1 Å². The van der Waals surface area contributed by atoms with E-state index in [4.69, 9.17) is 0 Å². The van der Waals surface area contributed by atoms with Crippen LogP contribution in [0.25, 0.3) is 11.1 Å². The van der Waals surface area contributed by atoms with E-state index in [2.05, 4.69) is 91.8 Å². The van der Waals surface area contributed by atoms with Crippen LogP contribution in [0.1, 0.15) is 42.4 Å². The van der Waals surface area contributed by atoms with Crippen molar-refractivity contribution in [1.82, 2.24) is 4.90 Å². The summed E-state index contributed by atoms with van der Waals surface area (Å²) in [5.74, 6) is 0.608. The Kier molecular flexibility index (Phi) is 3.96. The van der Waals surface area contributed by atoms with E-state index in [1.165, 1.54) is 59.2 Å². The highest BCUT2D eigenvalue weighted by atomic mass is 15.1. The minimum Gasteiger partial charge on any atom is -0.381 e. The molecule has 0 unspecified atom stereocenters. The van der Waals surface area contributed by atoms with Gasteiger partial charge >= 0.3 is 0 Å². The zero-order valence-electron chi connectivity index (χ0n) is 18.0. The summed E-state index contributed by atoms with van der Waals surface area (Å²) in [5.41, 5.74) is 12.0. The predicted octanol–water partition coefficient (Wildman–Crippen LogP) is 6.66. The minimum absolute atomic E-state index is 0.166. The van der Waals surface area contributed by atoms with Crippen molar-refractivity contribution in [1.29, 1.82) is 0 Å². The zero-order chi connectivity index (χ0) is 20.3. The lowest BCUT2D eigenvalue weighted by atomic mass is 9.55. The molecule has 0 aromatic heterocycles. The lowest BCUT2D eigenvalue weighted by Gasteiger charge is -2.48. The normalized spacial score (nSPS) is 26.6. The van der Waals surface area contributed by atoms with Gasteiger partial charge in [-0.1, -0.05) is 73.5 Å². The number of nitrogens with zero attached hydrogens (tertiary/aromatic N) is 1. The minimum atomic E-state index is 0.166. The van der Waals surface area contributed by atoms with Crippen LogP contribution in [-0.4, -0.2) is 19.0 Å². The molecule has 1 fully saturated rings. The van der Waals surface area contributed by atoms with E-state index in [1.807, 2.05) is 0 Å². The lowest BCUT2D eigenvalue weighted by Crippen LogP contribution is -2.39. The standard InChI is InChI=1S/C29H29N/c1-30(2)27-19-22-18-24(20-10-4-3-5-11-20)28-23-13-7-6-12-21(23)15-16-26(28)29(22)17-9-8-14-25(27)29/h3-7,10-13,16,18-19,25H,8-9,14-15,17H2,1-2H3/t25-,29-/m1/s1. The molecule has 0 heterocycles. The van der Waals surface area contributed by atoms with E-state index in [9.17, 15) is 0 Å². The molecule has 1 saturated carbocycles. The van der Waals surface area contributed by atoms with Gasteiger partial charge < -0.3 is 4.90 Å². The molecule has 0 aliphatic heterocycles. The Balaban J connectivity index is 1.67. The summed E-state index contributed by atoms with van der Waals surface area (Å²) in [6.07, 6.45) is 13.9. The first-order valence-electron chi connectivity index (χ1n) is 11.4. The fourth-order valence-electron chi connectivity index (χ4n) is 6.57. The SMILES string of the molecule is CN(C)C1=CC2=CC(c3ccccc3)=C3C(=CCc4ccccc43)[C@]23CCCC[C@H]13. The maximum atomic E-state index is 2.58. The van der Waals surface area contributed by atoms with Gasteiger partial charge in [-0.2, -0.15) is 0 Å². The van der Waals surface area contributed by atoms with E-state index in [1.54, 1.807) is 11.1 Å². The van der Waals surface area contributed by atoms with Gasteiger partial charge in [0.05, 0.1) is 0 Å². The van der Waals surface area contributed by atoms with Gasteiger partial charge in [0.2, 0.25) is 0 Å². The van der Waals surface area contributed by atoms with Gasteiger partial charge in [0.1, 0.15) is 0 Å². The molecule has 4 aliphatic carbocycles. The third-order valence-electron chi connectivity index (χ3n) is 7.82. The van der Waals surface area contributed by atoms with Gasteiger partial charge in [-0.25, -0.2) is 0 Å². The van der Waals surface area contributed by atoms with Gasteiger partial charge in [-0.3, -0.25) is 0 Å². The number of benzene rings is 2. The highest BCUT2D eigenvalue weighted by Gasteiger charge is 2.54. The van der Waals surface area contributed by atoms with Crippen LogP contribution in [0, 0.1) is 11.3 Å². The van der Waals surface area contributed by atoms with Crippen LogP contribution in [0.5, 0.6) is 0 Å². The van der Waals surface area contributed by atoms with E-state index in [0.717, 1.165) is 6.42 Å². The van der Waals surface area contributed by atoms with Crippen molar-refractivity contribution in [3.05, 3.63) is 106 Å². The van der Waals surface area contributed by atoms with Crippen LogP contribution in [-0.2, 0) is 6.42 Å². The molecular weight excluding hydrogens is 362 g/mol. The second-order valence-electron chi connectivity index (χ2n) is 9.47. The molecule has 0 bridgehead atoms. The number of rotatable bonds is 2. The van der Waals surface area contributed by atoms with Crippen molar-refractivity contribution < 1.29 is 0 Å². The molecule has 0 N–H and O–H groups in total. The molecule has 2 aromatic carbocycles. The fraction of sp³-hybridized carbons (Fsp3) is 0.310. The van der Waals surface area contributed by atoms with E-state index in [-0.39, 0.29) is 5.41 Å². The first kappa shape index (κ1) is 18.0. The number of allylic oxidation sites excluding steroid dienone is 8. The van der Waals surface area contributed by atoms with Crippen LogP contribution in [0.3, 0.4) is 0 Å². The van der Waals surface area contributed by atoms with Crippen molar-refractivity contribution in [3.8, 4) is 0 Å². The Labute approximate surface area is 180 Å². The molecule has 150 valence electrons. The lowest BCUT2D eigenvalue weighted by molar-refractivity contribution is 0.205. The Bertz CT molecular complexity index is 1140. The third kappa shape index (κ3) is 2.35. The highest BCUT2D eigenvalue weighted by Crippen LogP contribution is 2.65. The number of fused-ring (bicyclic) bond motifs is 3. The van der Waals surface area contributed by atoms with Crippen molar-refractivity contribution >= 4 is 11.1 Å². The number of hydrogen-bond acceptors (Lipinski definition) is 1. The Morgan fingerprint density at radius 2 is 1.70 bits per heavy atom. The first-order chi connectivity index (χ1) is 14.7. The van der Waals surface area contributed by atoms with Crippen LogP contribution < -0.4 is 0 Å². The average Bonchev–Trinajstić information content (AvgIpc) is 3.14. The Morgan fingerprint density at radius 1 is 0.900 bits per heavy atom. The largest absolute Gasteiger partial charge is 0.381 e. The molecule has 30 heavy (non-hydrogen) atoms. The van der Waals surface area contributed by atoms with Crippen molar-refractivity contribution in [2.45, 2.75) is 32.1 Å². The summed E-state index contributed by atoms with van der Waals surface area (Å²) in [6, 6.07) is 20.1. The van der Waals surface area contributed by atoms with Gasteiger partial charge in [-0.05, 0) is 70.4 Å². The van der Waals surface area contributed by atoms with E-state index >= 15 is 0 Å². The topological polar surface area (TPSA) is 3.24 Å². The van der Waals surface area contributed by atoms with Crippen LogP contribution in [0.15, 0.2) is 89.7 Å². The molecule has 0 saturated heterocycles. The molecular formula is C29H29N. The molecule has 1 nitrogen and oxygen atoms in total. The van der Waals surface area contributed by atoms with Crippen LogP contribution >= 0.6 is 0 Å². The monoisotopic (exact) mass is 391 g/mol. The van der Waals surface area contributed by atoms with Crippen molar-refractivity contribution in [3.63, 3.8) is 0 Å². The Morgan fingerprint density at radius 3 is 2.53 bits per heavy atom. The fourth-order valence-corrected chi connectivity index (χ4v) is 6.57. The molecule has 0 radical (unpaired) electrons. The van der Waals surface area contributed by atoms with Gasteiger partial charge in [0.25, 0.3) is 0 Å². The average molecular weight is 392 g/mol. The van der Waals surface area contributed by atoms with Crippen molar-refractivity contribution in [2.75, 3.05) is 14.1 Å². The van der Waals surface area contributed by atoms with Crippen LogP contribution in [0.2, 0.25) is 0 Å². The van der Waals surface area contributed by atoms with E-state index < -0.39 is 0 Å². The molecule has 1 heteroatoms. The number of hydrogen-bond donors (Lipinski definition) is 0. The summed E-state index contributed by atoms with van der Waals surface area (Å²) < 4.78 is 0. The summed E-state index contributed by atoms with van der Waals surface area (Å²) >= 11 is 0. The molecule has 1 spiro atoms. The van der Waals surface area contributed by atoms with Crippen molar-refractivity contribution in [2.24, 2.45) is 11.3 Å². The summed E-state index contributed by atoms with van der Waals surface area (Å²) in [7, 11) is 4.45. The second kappa shape index (κ2) is 6.60. The quantitative estimate of drug-likeness (QED) is 0.553. The maximum Gasteiger partial charge on any atom is 0.0289 e. The van der Waals surface area contributed by atoms with Crippen LogP contribution in [0.4, 0.5) is 0 Å². The summed E-state index contributed by atoms with van der Waals surface area (Å²) in [6.45, 7) is 0. The summed E-state index contributed by atoms with van der Waals surface area (Å²) in [4.78, 5) is 2.37. The third-order valence-corrected chi connectivity index (χ3v) is 7.82. The maximum absolute atomic E-state index is 2.58. The van der Waals surface area contributed by atoms with E-state index in [0.29, 0.717) is 5.92 Å². The van der Waals surface area contributed by atoms with Gasteiger partial charge in [-0.15, -0.1) is 0 Å². The Hall–Kier alpha value is -2.80. The van der Waals surface area contributed by atoms with Gasteiger partial charge in [0.15, 0.2) is 0 Å². The second-order valence-corrected chi connectivity index (χ2v) is 9.47. The zero-order valence-corrected chi connectivity index (χ0v) is 18.0. The summed E-state index contributed by atoms with van der Waals surface area (Å²) in [5, 5.41) is 0. The first-order valence-corrected chi connectivity index (χ1v) is 11.4. The highest BCUT2D eigenvalue weighted by molar-refractivity contribution is 6.07. The predicted molar refractivity (Wildman–Crippen MR) is 126 cm³/mol. The molecule has 2 aromatic rings. The molecule has 0 amide bonds. The molecule has 2 atom stereocenters. The molecule has 4 aliphatic rings. The molecule has 6 rings (SSSR count). The smallest absolute Gasteiger partial charge is 0.0289 e.